The first-order chi connectivity index (χ1) is 8.78. The fraction of sp³-hybridized carbons (Fsp3) is 0.615. The summed E-state index contributed by atoms with van der Waals surface area (Å²) < 4.78 is 5.55. The van der Waals surface area contributed by atoms with E-state index in [-0.39, 0.29) is 11.3 Å². The lowest BCUT2D eigenvalue weighted by Crippen LogP contribution is -2.36. The van der Waals surface area contributed by atoms with E-state index in [1.165, 1.54) is 4.88 Å². The van der Waals surface area contributed by atoms with Crippen LogP contribution in [0.3, 0.4) is 0 Å². The topological polar surface area (TPSA) is 50.4 Å². The van der Waals surface area contributed by atoms with Crippen LogP contribution in [-0.2, 0) is 16.1 Å². The predicted molar refractivity (Wildman–Crippen MR) is 70.4 cm³/mol. The summed E-state index contributed by atoms with van der Waals surface area (Å²) in [5.74, 6) is 0.646. The number of thiophene rings is 1. The molecule has 5 heteroatoms. The van der Waals surface area contributed by atoms with Gasteiger partial charge in [-0.05, 0) is 11.4 Å². The van der Waals surface area contributed by atoms with Gasteiger partial charge in [0.25, 0.3) is 0 Å². The van der Waals surface area contributed by atoms with Crippen LogP contribution in [0, 0.1) is 11.3 Å². The summed E-state index contributed by atoms with van der Waals surface area (Å²) in [6, 6.07) is 4.05. The lowest BCUT2D eigenvalue weighted by molar-refractivity contribution is -0.123. The van der Waals surface area contributed by atoms with Gasteiger partial charge in [-0.3, -0.25) is 4.79 Å². The molecule has 1 amide bonds. The molecule has 0 aromatic carbocycles. The van der Waals surface area contributed by atoms with Crippen molar-refractivity contribution in [1.82, 2.24) is 10.6 Å². The number of rotatable bonds is 4. The Kier molecular flexibility index (Phi) is 3.37. The third-order valence-corrected chi connectivity index (χ3v) is 4.87. The standard InChI is InChI=1S/C13H18N2O2S/c16-12(15-6-11-2-1-3-18-11)4-13-8-14-5-10(13)7-17-9-13/h1-3,10,14H,4-9H2,(H,15,16)/t10-,13+/m1/s1. The summed E-state index contributed by atoms with van der Waals surface area (Å²) in [6.45, 7) is 4.05. The summed E-state index contributed by atoms with van der Waals surface area (Å²) in [4.78, 5) is 13.2. The normalized spacial score (nSPS) is 30.3. The van der Waals surface area contributed by atoms with E-state index in [0.29, 0.717) is 18.9 Å². The number of hydrogen-bond acceptors (Lipinski definition) is 4. The van der Waals surface area contributed by atoms with E-state index in [4.69, 9.17) is 4.74 Å². The van der Waals surface area contributed by atoms with Crippen molar-refractivity contribution in [3.63, 3.8) is 0 Å². The highest BCUT2D eigenvalue weighted by molar-refractivity contribution is 7.09. The Morgan fingerprint density at radius 3 is 3.44 bits per heavy atom. The maximum atomic E-state index is 12.0. The van der Waals surface area contributed by atoms with E-state index >= 15 is 0 Å². The molecule has 2 fully saturated rings. The monoisotopic (exact) mass is 266 g/mol. The minimum absolute atomic E-state index is 0.0412. The molecule has 4 nitrogen and oxygen atoms in total. The molecule has 2 aliphatic heterocycles. The highest BCUT2D eigenvalue weighted by atomic mass is 32.1. The average Bonchev–Trinajstić information content (AvgIpc) is 3.01. The van der Waals surface area contributed by atoms with Crippen molar-refractivity contribution in [3.8, 4) is 0 Å². The molecule has 98 valence electrons. The van der Waals surface area contributed by atoms with Gasteiger partial charge < -0.3 is 15.4 Å². The van der Waals surface area contributed by atoms with Gasteiger partial charge in [-0.2, -0.15) is 0 Å². The Hall–Kier alpha value is -0.910. The van der Waals surface area contributed by atoms with Crippen molar-refractivity contribution in [2.24, 2.45) is 11.3 Å². The lowest BCUT2D eigenvalue weighted by atomic mass is 9.78. The molecule has 0 saturated carbocycles. The fourth-order valence-corrected chi connectivity index (χ4v) is 3.55. The van der Waals surface area contributed by atoms with Crippen molar-refractivity contribution in [2.45, 2.75) is 13.0 Å². The second-order valence-electron chi connectivity index (χ2n) is 5.24. The van der Waals surface area contributed by atoms with E-state index in [9.17, 15) is 4.79 Å². The van der Waals surface area contributed by atoms with Gasteiger partial charge >= 0.3 is 0 Å². The lowest BCUT2D eigenvalue weighted by Gasteiger charge is -2.25. The average molecular weight is 266 g/mol. The largest absolute Gasteiger partial charge is 0.380 e. The van der Waals surface area contributed by atoms with Crippen LogP contribution in [0.5, 0.6) is 0 Å². The maximum absolute atomic E-state index is 12.0. The number of carbonyl (C=O) groups is 1. The number of ether oxygens (including phenoxy) is 1. The summed E-state index contributed by atoms with van der Waals surface area (Å²) in [5, 5.41) is 8.42. The zero-order valence-corrected chi connectivity index (χ0v) is 11.1. The third-order valence-electron chi connectivity index (χ3n) is 3.99. The highest BCUT2D eigenvalue weighted by Gasteiger charge is 2.48. The minimum Gasteiger partial charge on any atom is -0.380 e. The molecule has 0 bridgehead atoms. The molecular weight excluding hydrogens is 248 g/mol. The zero-order chi connectivity index (χ0) is 12.4. The first kappa shape index (κ1) is 12.1. The Bertz CT molecular complexity index is 409. The fourth-order valence-electron chi connectivity index (χ4n) is 2.90. The highest BCUT2D eigenvalue weighted by Crippen LogP contribution is 2.40. The molecule has 1 aromatic rings. The van der Waals surface area contributed by atoms with E-state index in [1.54, 1.807) is 11.3 Å². The van der Waals surface area contributed by atoms with Crippen LogP contribution in [-0.4, -0.2) is 32.2 Å². The van der Waals surface area contributed by atoms with E-state index in [1.807, 2.05) is 17.5 Å². The molecule has 18 heavy (non-hydrogen) atoms. The quantitative estimate of drug-likeness (QED) is 0.854. The molecule has 0 radical (unpaired) electrons. The van der Waals surface area contributed by atoms with Gasteiger partial charge in [0.15, 0.2) is 0 Å². The molecule has 1 aromatic heterocycles. The Labute approximate surface area is 111 Å². The van der Waals surface area contributed by atoms with Crippen molar-refractivity contribution in [2.75, 3.05) is 26.3 Å². The second kappa shape index (κ2) is 4.99. The van der Waals surface area contributed by atoms with Crippen molar-refractivity contribution in [3.05, 3.63) is 22.4 Å². The summed E-state index contributed by atoms with van der Waals surface area (Å²) in [7, 11) is 0. The molecule has 2 saturated heterocycles. The van der Waals surface area contributed by atoms with Gasteiger partial charge in [0.05, 0.1) is 19.8 Å². The van der Waals surface area contributed by atoms with Crippen molar-refractivity contribution in [1.29, 1.82) is 0 Å². The first-order valence-corrected chi connectivity index (χ1v) is 7.24. The van der Waals surface area contributed by atoms with Crippen LogP contribution in [0.1, 0.15) is 11.3 Å². The van der Waals surface area contributed by atoms with E-state index < -0.39 is 0 Å². The number of amides is 1. The van der Waals surface area contributed by atoms with Crippen LogP contribution >= 0.6 is 11.3 Å². The van der Waals surface area contributed by atoms with Crippen LogP contribution in [0.15, 0.2) is 17.5 Å². The Morgan fingerprint density at radius 1 is 1.67 bits per heavy atom. The number of nitrogens with one attached hydrogen (secondary N) is 2. The second-order valence-corrected chi connectivity index (χ2v) is 6.27. The molecular formula is C13H18N2O2S. The molecule has 2 atom stereocenters. The molecule has 0 spiro atoms. The molecule has 2 aliphatic rings. The number of hydrogen-bond donors (Lipinski definition) is 2. The van der Waals surface area contributed by atoms with Gasteiger partial charge in [0, 0.05) is 35.7 Å². The third kappa shape index (κ3) is 2.30. The zero-order valence-electron chi connectivity index (χ0n) is 10.3. The van der Waals surface area contributed by atoms with Crippen LogP contribution in [0.2, 0.25) is 0 Å². The van der Waals surface area contributed by atoms with Gasteiger partial charge in [-0.15, -0.1) is 11.3 Å². The summed E-state index contributed by atoms with van der Waals surface area (Å²) >= 11 is 1.67. The van der Waals surface area contributed by atoms with Gasteiger partial charge in [0.2, 0.25) is 5.91 Å². The smallest absolute Gasteiger partial charge is 0.221 e. The first-order valence-electron chi connectivity index (χ1n) is 6.36. The SMILES string of the molecule is O=C(C[C@@]12CNC[C@@H]1COC2)NCc1cccs1. The molecule has 2 N–H and O–H groups in total. The molecule has 0 aliphatic carbocycles. The molecule has 0 unspecified atom stereocenters. The van der Waals surface area contributed by atoms with Gasteiger partial charge in [-0.25, -0.2) is 0 Å². The van der Waals surface area contributed by atoms with Crippen LogP contribution in [0.4, 0.5) is 0 Å². The maximum Gasteiger partial charge on any atom is 0.221 e. The summed E-state index contributed by atoms with van der Waals surface area (Å²) in [5.41, 5.74) is 0.0412. The summed E-state index contributed by atoms with van der Waals surface area (Å²) in [6.07, 6.45) is 0.579. The van der Waals surface area contributed by atoms with Crippen molar-refractivity contribution < 1.29 is 9.53 Å². The van der Waals surface area contributed by atoms with Crippen LogP contribution in [0.25, 0.3) is 0 Å². The van der Waals surface area contributed by atoms with Crippen LogP contribution < -0.4 is 10.6 Å². The minimum atomic E-state index is 0.0412. The van der Waals surface area contributed by atoms with Gasteiger partial charge in [-0.1, -0.05) is 6.07 Å². The van der Waals surface area contributed by atoms with E-state index in [2.05, 4.69) is 10.6 Å². The molecule has 3 rings (SSSR count). The predicted octanol–water partition coefficient (Wildman–Crippen LogP) is 0.990. The van der Waals surface area contributed by atoms with Gasteiger partial charge in [0.1, 0.15) is 0 Å². The van der Waals surface area contributed by atoms with Crippen molar-refractivity contribution >= 4 is 17.2 Å². The Morgan fingerprint density at radius 2 is 2.61 bits per heavy atom. The molecule has 3 heterocycles. The Balaban J connectivity index is 1.54. The number of fused-ring (bicyclic) bond motifs is 1. The van der Waals surface area contributed by atoms with E-state index in [0.717, 1.165) is 26.3 Å². The number of carbonyl (C=O) groups excluding carboxylic acids is 1.